The molecule has 0 bridgehead atoms. The number of allylic oxidation sites excluding steroid dienone is 2. The molecule has 1 aliphatic heterocycles. The van der Waals surface area contributed by atoms with Gasteiger partial charge in [-0.05, 0) is 70.1 Å². The summed E-state index contributed by atoms with van der Waals surface area (Å²) >= 11 is 0. The van der Waals surface area contributed by atoms with Crippen LogP contribution in [0.25, 0.3) is 0 Å². The van der Waals surface area contributed by atoms with Crippen LogP contribution < -0.4 is 15.2 Å². The molecule has 0 amide bonds. The first-order chi connectivity index (χ1) is 14.1. The van der Waals surface area contributed by atoms with Crippen LogP contribution in [0.2, 0.25) is 0 Å². The lowest BCUT2D eigenvalue weighted by Gasteiger charge is -2.46. The molecule has 166 valence electrons. The summed E-state index contributed by atoms with van der Waals surface area (Å²) in [6.45, 7) is 12.7. The Kier molecular flexibility index (Phi) is 6.96. The van der Waals surface area contributed by atoms with Crippen molar-refractivity contribution in [1.82, 2.24) is 0 Å². The number of hydrogen-bond donors (Lipinski definition) is 1. The van der Waals surface area contributed by atoms with Gasteiger partial charge >= 0.3 is 5.97 Å². The molecule has 3 atom stereocenters. The van der Waals surface area contributed by atoms with Crippen LogP contribution in [-0.4, -0.2) is 17.6 Å². The molecular weight excluding hydrogens is 374 g/mol. The summed E-state index contributed by atoms with van der Waals surface area (Å²) < 4.78 is 12.5. The predicted octanol–water partition coefficient (Wildman–Crippen LogP) is 5.92. The lowest BCUT2D eigenvalue weighted by atomic mass is 9.68. The third-order valence-corrected chi connectivity index (χ3v) is 6.78. The fourth-order valence-corrected chi connectivity index (χ4v) is 4.82. The number of aryl methyl sites for hydroxylation is 1. The Labute approximate surface area is 182 Å². The highest BCUT2D eigenvalue weighted by atomic mass is 16.5. The SMILES string of the molecule is CCCCCc1cc(OC(=O)[C@@H](N)C(C)C)c2c(c1)OC(C)(C)C1CCC(C)=CC21. The maximum Gasteiger partial charge on any atom is 0.328 e. The van der Waals surface area contributed by atoms with Crippen molar-refractivity contribution in [3.8, 4) is 11.5 Å². The van der Waals surface area contributed by atoms with Gasteiger partial charge in [0.2, 0.25) is 0 Å². The van der Waals surface area contributed by atoms with E-state index in [4.69, 9.17) is 15.2 Å². The van der Waals surface area contributed by atoms with Crippen molar-refractivity contribution < 1.29 is 14.3 Å². The van der Waals surface area contributed by atoms with E-state index in [1.165, 1.54) is 18.4 Å². The molecule has 2 unspecified atom stereocenters. The van der Waals surface area contributed by atoms with Gasteiger partial charge in [-0.25, -0.2) is 4.79 Å². The van der Waals surface area contributed by atoms with Crippen LogP contribution in [0.4, 0.5) is 0 Å². The first-order valence-corrected chi connectivity index (χ1v) is 11.6. The Hall–Kier alpha value is -1.81. The Morgan fingerprint density at radius 1 is 1.30 bits per heavy atom. The van der Waals surface area contributed by atoms with Gasteiger partial charge in [0.05, 0.1) is 0 Å². The molecule has 1 aliphatic carbocycles. The molecule has 0 saturated carbocycles. The maximum atomic E-state index is 12.8. The fourth-order valence-electron chi connectivity index (χ4n) is 4.82. The smallest absolute Gasteiger partial charge is 0.328 e. The van der Waals surface area contributed by atoms with E-state index in [0.717, 1.165) is 42.6 Å². The number of rotatable bonds is 7. The van der Waals surface area contributed by atoms with E-state index in [2.05, 4.69) is 45.9 Å². The van der Waals surface area contributed by atoms with E-state index < -0.39 is 6.04 Å². The zero-order chi connectivity index (χ0) is 22.1. The van der Waals surface area contributed by atoms with Crippen molar-refractivity contribution in [2.45, 2.75) is 97.6 Å². The molecule has 0 spiro atoms. The fraction of sp³-hybridized carbons (Fsp3) is 0.654. The van der Waals surface area contributed by atoms with E-state index in [1.54, 1.807) is 0 Å². The van der Waals surface area contributed by atoms with Crippen LogP contribution in [0.3, 0.4) is 0 Å². The van der Waals surface area contributed by atoms with Gasteiger partial charge in [0.15, 0.2) is 0 Å². The van der Waals surface area contributed by atoms with Crippen LogP contribution in [-0.2, 0) is 11.2 Å². The molecule has 4 nitrogen and oxygen atoms in total. The number of esters is 1. The van der Waals surface area contributed by atoms with Crippen molar-refractivity contribution in [3.63, 3.8) is 0 Å². The van der Waals surface area contributed by atoms with E-state index in [-0.39, 0.29) is 23.4 Å². The molecule has 2 aliphatic rings. The molecule has 0 saturated heterocycles. The molecule has 0 radical (unpaired) electrons. The number of carbonyl (C=O) groups is 1. The van der Waals surface area contributed by atoms with Gasteiger partial charge < -0.3 is 15.2 Å². The zero-order valence-electron chi connectivity index (χ0n) is 19.6. The number of fused-ring (bicyclic) bond motifs is 3. The molecule has 1 aromatic carbocycles. The number of unbranched alkanes of at least 4 members (excludes halogenated alkanes) is 2. The number of nitrogens with two attached hydrogens (primary N) is 1. The molecule has 0 aromatic heterocycles. The molecule has 4 heteroatoms. The molecular formula is C26H39NO3. The van der Waals surface area contributed by atoms with Gasteiger partial charge in [-0.15, -0.1) is 0 Å². The third kappa shape index (κ3) is 4.74. The summed E-state index contributed by atoms with van der Waals surface area (Å²) in [5.74, 6) is 1.71. The normalized spacial score (nSPS) is 23.1. The molecule has 1 aromatic rings. The quantitative estimate of drug-likeness (QED) is 0.261. The van der Waals surface area contributed by atoms with Crippen molar-refractivity contribution >= 4 is 5.97 Å². The van der Waals surface area contributed by atoms with E-state index in [1.807, 2.05) is 13.8 Å². The van der Waals surface area contributed by atoms with Gasteiger partial charge in [-0.1, -0.05) is 45.3 Å². The van der Waals surface area contributed by atoms with Gasteiger partial charge in [-0.2, -0.15) is 0 Å². The molecule has 3 rings (SSSR count). The Balaban J connectivity index is 2.06. The summed E-state index contributed by atoms with van der Waals surface area (Å²) in [4.78, 5) is 12.8. The van der Waals surface area contributed by atoms with Crippen LogP contribution >= 0.6 is 0 Å². The van der Waals surface area contributed by atoms with Crippen LogP contribution in [0.15, 0.2) is 23.8 Å². The summed E-state index contributed by atoms with van der Waals surface area (Å²) in [7, 11) is 0. The van der Waals surface area contributed by atoms with Crippen molar-refractivity contribution in [2.24, 2.45) is 17.6 Å². The number of hydrogen-bond acceptors (Lipinski definition) is 4. The Bertz CT molecular complexity index is 809. The highest BCUT2D eigenvalue weighted by Crippen LogP contribution is 2.53. The summed E-state index contributed by atoms with van der Waals surface area (Å²) in [6, 6.07) is 3.58. The summed E-state index contributed by atoms with van der Waals surface area (Å²) in [5.41, 5.74) is 9.41. The monoisotopic (exact) mass is 413 g/mol. The standard InChI is InChI=1S/C26H39NO3/c1-7-8-9-10-18-14-21(29-25(28)24(27)16(2)3)23-19-13-17(4)11-12-20(19)26(5,6)30-22(23)15-18/h13-16,19-20,24H,7-12,27H2,1-6H3/t19?,20?,24-/m0/s1. The largest absolute Gasteiger partial charge is 0.487 e. The lowest BCUT2D eigenvalue weighted by molar-refractivity contribution is -0.136. The summed E-state index contributed by atoms with van der Waals surface area (Å²) in [6.07, 6.45) is 8.95. The average Bonchev–Trinajstić information content (AvgIpc) is 2.66. The summed E-state index contributed by atoms with van der Waals surface area (Å²) in [5, 5.41) is 0. The first-order valence-electron chi connectivity index (χ1n) is 11.6. The minimum Gasteiger partial charge on any atom is -0.487 e. The molecule has 1 heterocycles. The van der Waals surface area contributed by atoms with Crippen LogP contribution in [0.1, 0.15) is 90.7 Å². The molecule has 0 fully saturated rings. The number of benzene rings is 1. The molecule has 2 N–H and O–H groups in total. The van der Waals surface area contributed by atoms with Crippen LogP contribution in [0.5, 0.6) is 11.5 Å². The highest BCUT2D eigenvalue weighted by Gasteiger charge is 2.45. The highest BCUT2D eigenvalue weighted by molar-refractivity contribution is 5.79. The van der Waals surface area contributed by atoms with Gasteiger partial charge in [0, 0.05) is 17.4 Å². The Morgan fingerprint density at radius 3 is 2.70 bits per heavy atom. The van der Waals surface area contributed by atoms with Gasteiger partial charge in [0.1, 0.15) is 23.1 Å². The number of carbonyl (C=O) groups excluding carboxylic acids is 1. The van der Waals surface area contributed by atoms with Crippen molar-refractivity contribution in [1.29, 1.82) is 0 Å². The molecule has 30 heavy (non-hydrogen) atoms. The lowest BCUT2D eigenvalue weighted by Crippen LogP contribution is -2.45. The predicted molar refractivity (Wildman–Crippen MR) is 122 cm³/mol. The number of ether oxygens (including phenoxy) is 2. The minimum atomic E-state index is -0.634. The van der Waals surface area contributed by atoms with E-state index in [0.29, 0.717) is 11.7 Å². The minimum absolute atomic E-state index is 0.0285. The maximum absolute atomic E-state index is 12.8. The van der Waals surface area contributed by atoms with Gasteiger partial charge in [-0.3, -0.25) is 0 Å². The van der Waals surface area contributed by atoms with Gasteiger partial charge in [0.25, 0.3) is 0 Å². The third-order valence-electron chi connectivity index (χ3n) is 6.78. The topological polar surface area (TPSA) is 61.5 Å². The van der Waals surface area contributed by atoms with E-state index in [9.17, 15) is 4.79 Å². The van der Waals surface area contributed by atoms with E-state index >= 15 is 0 Å². The van der Waals surface area contributed by atoms with Crippen molar-refractivity contribution in [2.75, 3.05) is 0 Å². The second kappa shape index (κ2) is 9.13. The second-order valence-electron chi connectivity index (χ2n) is 10.0. The average molecular weight is 414 g/mol. The van der Waals surface area contributed by atoms with Crippen molar-refractivity contribution in [3.05, 3.63) is 34.9 Å². The second-order valence-corrected chi connectivity index (χ2v) is 10.0. The Morgan fingerprint density at radius 2 is 2.03 bits per heavy atom. The zero-order valence-corrected chi connectivity index (χ0v) is 19.6. The first kappa shape index (κ1) is 22.9. The van der Waals surface area contributed by atoms with Crippen LogP contribution in [0, 0.1) is 11.8 Å².